The second-order valence-electron chi connectivity index (χ2n) is 4.52. The summed E-state index contributed by atoms with van der Waals surface area (Å²) < 4.78 is 4.62. The van der Waals surface area contributed by atoms with E-state index >= 15 is 0 Å². The Bertz CT molecular complexity index is 277. The van der Waals surface area contributed by atoms with Crippen molar-refractivity contribution in [2.75, 3.05) is 33.8 Å². The molecule has 5 nitrogen and oxygen atoms in total. The predicted molar refractivity (Wildman–Crippen MR) is 64.5 cm³/mol. The third kappa shape index (κ3) is 4.73. The molecule has 1 amide bonds. The van der Waals surface area contributed by atoms with Crippen LogP contribution in [0.2, 0.25) is 0 Å². The van der Waals surface area contributed by atoms with Crippen LogP contribution < -0.4 is 0 Å². The monoisotopic (exact) mass is 242 g/mol. The average molecular weight is 242 g/mol. The van der Waals surface area contributed by atoms with Crippen LogP contribution in [0.15, 0.2) is 0 Å². The molecule has 0 aliphatic heterocycles. The SMILES string of the molecule is CCCN(CC(=O)OC)CC(=O)N(C)C1CC1. The average Bonchev–Trinajstić information content (AvgIpc) is 3.11. The topological polar surface area (TPSA) is 49.9 Å². The zero-order valence-electron chi connectivity index (χ0n) is 10.9. The normalized spacial score (nSPS) is 14.8. The lowest BCUT2D eigenvalue weighted by molar-refractivity contribution is -0.142. The first-order chi connectivity index (χ1) is 8.08. The van der Waals surface area contributed by atoms with E-state index < -0.39 is 0 Å². The Morgan fingerprint density at radius 3 is 2.41 bits per heavy atom. The van der Waals surface area contributed by atoms with Gasteiger partial charge in [-0.05, 0) is 25.8 Å². The molecule has 1 aliphatic carbocycles. The molecule has 0 heterocycles. The summed E-state index contributed by atoms with van der Waals surface area (Å²) in [6.45, 7) is 3.25. The van der Waals surface area contributed by atoms with Crippen molar-refractivity contribution < 1.29 is 14.3 Å². The Balaban J connectivity index is 2.41. The number of esters is 1. The van der Waals surface area contributed by atoms with Crippen LogP contribution in [-0.2, 0) is 14.3 Å². The van der Waals surface area contributed by atoms with Crippen LogP contribution in [0.3, 0.4) is 0 Å². The number of ether oxygens (including phenoxy) is 1. The highest BCUT2D eigenvalue weighted by Crippen LogP contribution is 2.25. The molecule has 98 valence electrons. The molecule has 0 aromatic rings. The number of hydrogen-bond acceptors (Lipinski definition) is 4. The molecule has 0 spiro atoms. The van der Waals surface area contributed by atoms with Crippen molar-refractivity contribution in [2.24, 2.45) is 0 Å². The molecule has 0 aromatic heterocycles. The van der Waals surface area contributed by atoms with Gasteiger partial charge in [0.05, 0.1) is 20.2 Å². The van der Waals surface area contributed by atoms with Gasteiger partial charge in [-0.15, -0.1) is 0 Å². The summed E-state index contributed by atoms with van der Waals surface area (Å²) >= 11 is 0. The van der Waals surface area contributed by atoms with E-state index in [0.29, 0.717) is 12.6 Å². The zero-order valence-corrected chi connectivity index (χ0v) is 10.9. The minimum atomic E-state index is -0.291. The minimum Gasteiger partial charge on any atom is -0.468 e. The molecule has 0 unspecified atom stereocenters. The maximum Gasteiger partial charge on any atom is 0.319 e. The summed E-state index contributed by atoms with van der Waals surface area (Å²) in [7, 11) is 3.20. The van der Waals surface area contributed by atoms with E-state index in [2.05, 4.69) is 4.74 Å². The van der Waals surface area contributed by atoms with E-state index in [1.165, 1.54) is 7.11 Å². The summed E-state index contributed by atoms with van der Waals surface area (Å²) in [5.74, 6) is -0.204. The van der Waals surface area contributed by atoms with Crippen LogP contribution in [-0.4, -0.2) is 61.5 Å². The second-order valence-corrected chi connectivity index (χ2v) is 4.52. The van der Waals surface area contributed by atoms with Gasteiger partial charge >= 0.3 is 5.97 Å². The van der Waals surface area contributed by atoms with Crippen molar-refractivity contribution in [2.45, 2.75) is 32.2 Å². The Kier molecular flexibility index (Phi) is 5.41. The van der Waals surface area contributed by atoms with Crippen molar-refractivity contribution in [1.82, 2.24) is 9.80 Å². The Labute approximate surface area is 103 Å². The third-order valence-corrected chi connectivity index (χ3v) is 2.97. The van der Waals surface area contributed by atoms with Crippen LogP contribution in [0, 0.1) is 0 Å². The largest absolute Gasteiger partial charge is 0.468 e. The van der Waals surface area contributed by atoms with Crippen molar-refractivity contribution in [1.29, 1.82) is 0 Å². The lowest BCUT2D eigenvalue weighted by atomic mass is 10.3. The van der Waals surface area contributed by atoms with Crippen LogP contribution >= 0.6 is 0 Å². The molecule has 0 atom stereocenters. The fourth-order valence-corrected chi connectivity index (χ4v) is 1.75. The molecule has 17 heavy (non-hydrogen) atoms. The molecule has 1 saturated carbocycles. The molecule has 0 N–H and O–H groups in total. The molecule has 0 radical (unpaired) electrons. The standard InChI is InChI=1S/C12H22N2O3/c1-4-7-14(9-12(16)17-3)8-11(15)13(2)10-5-6-10/h10H,4-9H2,1-3H3. The quantitative estimate of drug-likeness (QED) is 0.610. The third-order valence-electron chi connectivity index (χ3n) is 2.97. The number of likely N-dealkylation sites (N-methyl/N-ethyl adjacent to an activating group) is 1. The van der Waals surface area contributed by atoms with Crippen LogP contribution in [0.4, 0.5) is 0 Å². The van der Waals surface area contributed by atoms with Gasteiger partial charge in [0.2, 0.25) is 5.91 Å². The van der Waals surface area contributed by atoms with Gasteiger partial charge in [0.25, 0.3) is 0 Å². The Morgan fingerprint density at radius 2 is 1.94 bits per heavy atom. The van der Waals surface area contributed by atoms with E-state index in [9.17, 15) is 9.59 Å². The smallest absolute Gasteiger partial charge is 0.319 e. The van der Waals surface area contributed by atoms with Gasteiger partial charge in [-0.3, -0.25) is 14.5 Å². The zero-order chi connectivity index (χ0) is 12.8. The van der Waals surface area contributed by atoms with Gasteiger partial charge < -0.3 is 9.64 Å². The van der Waals surface area contributed by atoms with E-state index in [4.69, 9.17) is 0 Å². The fourth-order valence-electron chi connectivity index (χ4n) is 1.75. The summed E-state index contributed by atoms with van der Waals surface area (Å²) in [5.41, 5.74) is 0. The number of methoxy groups -OCH3 is 1. The molecule has 1 aliphatic rings. The molecule has 1 rings (SSSR count). The molecule has 0 saturated heterocycles. The molecular formula is C12H22N2O3. The van der Waals surface area contributed by atoms with E-state index in [-0.39, 0.29) is 18.4 Å². The maximum atomic E-state index is 11.9. The highest BCUT2D eigenvalue weighted by Gasteiger charge is 2.30. The molecule has 1 fully saturated rings. The first-order valence-corrected chi connectivity index (χ1v) is 6.13. The lowest BCUT2D eigenvalue weighted by Gasteiger charge is -2.23. The van der Waals surface area contributed by atoms with Crippen molar-refractivity contribution >= 4 is 11.9 Å². The maximum absolute atomic E-state index is 11.9. The van der Waals surface area contributed by atoms with E-state index in [1.807, 2.05) is 18.9 Å². The van der Waals surface area contributed by atoms with Gasteiger partial charge in [-0.25, -0.2) is 0 Å². The number of hydrogen-bond donors (Lipinski definition) is 0. The van der Waals surface area contributed by atoms with Crippen molar-refractivity contribution in [3.8, 4) is 0 Å². The highest BCUT2D eigenvalue weighted by molar-refractivity contribution is 5.79. The highest BCUT2D eigenvalue weighted by atomic mass is 16.5. The van der Waals surface area contributed by atoms with Gasteiger partial charge in [-0.2, -0.15) is 0 Å². The van der Waals surface area contributed by atoms with E-state index in [1.54, 1.807) is 4.90 Å². The number of carbonyl (C=O) groups excluding carboxylic acids is 2. The van der Waals surface area contributed by atoms with Crippen molar-refractivity contribution in [3.05, 3.63) is 0 Å². The van der Waals surface area contributed by atoms with Gasteiger partial charge in [0.1, 0.15) is 0 Å². The number of nitrogens with zero attached hydrogens (tertiary/aromatic N) is 2. The summed E-state index contributed by atoms with van der Waals surface area (Å²) in [6.07, 6.45) is 3.12. The van der Waals surface area contributed by atoms with Crippen molar-refractivity contribution in [3.63, 3.8) is 0 Å². The van der Waals surface area contributed by atoms with Crippen LogP contribution in [0.1, 0.15) is 26.2 Å². The summed E-state index contributed by atoms with van der Waals surface area (Å²) in [6, 6.07) is 0.420. The molecule has 5 heteroatoms. The van der Waals surface area contributed by atoms with Gasteiger partial charge in [0.15, 0.2) is 0 Å². The predicted octanol–water partition coefficient (Wildman–Crippen LogP) is 0.492. The number of carbonyl (C=O) groups is 2. The van der Waals surface area contributed by atoms with Crippen LogP contribution in [0.5, 0.6) is 0 Å². The Morgan fingerprint density at radius 1 is 1.29 bits per heavy atom. The van der Waals surface area contributed by atoms with Gasteiger partial charge in [0, 0.05) is 13.1 Å². The molecule has 0 bridgehead atoms. The number of rotatable bonds is 7. The number of amides is 1. The first-order valence-electron chi connectivity index (χ1n) is 6.13. The van der Waals surface area contributed by atoms with Gasteiger partial charge in [-0.1, -0.05) is 6.92 Å². The Hall–Kier alpha value is -1.10. The molecule has 0 aromatic carbocycles. The molecular weight excluding hydrogens is 220 g/mol. The van der Waals surface area contributed by atoms with Crippen LogP contribution in [0.25, 0.3) is 0 Å². The second kappa shape index (κ2) is 6.59. The first kappa shape index (κ1) is 14.0. The fraction of sp³-hybridized carbons (Fsp3) is 0.833. The summed E-state index contributed by atoms with van der Waals surface area (Å²) in [5, 5.41) is 0. The lowest BCUT2D eigenvalue weighted by Crippen LogP contribution is -2.42. The minimum absolute atomic E-state index is 0.0878. The van der Waals surface area contributed by atoms with E-state index in [0.717, 1.165) is 25.8 Å². The summed E-state index contributed by atoms with van der Waals surface area (Å²) in [4.78, 5) is 26.7.